The number of benzene rings is 4. The summed E-state index contributed by atoms with van der Waals surface area (Å²) in [4.78, 5) is 26.7. The van der Waals surface area contributed by atoms with Crippen molar-refractivity contribution in [2.45, 2.75) is 9.79 Å². The van der Waals surface area contributed by atoms with Crippen LogP contribution < -0.4 is 16.0 Å². The standard InChI is InChI=1S/C27H20N4O2S/c28-18-19-8-4-6-12-24(19)34-25-13-7-5-11-23(25)26(32)29-21-14-16-22(17-15-21)31-27(33)30-20-9-2-1-3-10-20/h1-17H,(H,29,32)(H2,30,31,33). The maximum Gasteiger partial charge on any atom is 0.323 e. The predicted molar refractivity (Wildman–Crippen MR) is 135 cm³/mol. The Hall–Kier alpha value is -4.54. The maximum absolute atomic E-state index is 13.0. The summed E-state index contributed by atoms with van der Waals surface area (Å²) >= 11 is 1.38. The molecule has 0 saturated heterocycles. The van der Waals surface area contributed by atoms with Crippen molar-refractivity contribution in [1.29, 1.82) is 5.26 Å². The molecule has 4 aromatic carbocycles. The van der Waals surface area contributed by atoms with Gasteiger partial charge in [0.25, 0.3) is 5.91 Å². The number of hydrogen-bond acceptors (Lipinski definition) is 4. The summed E-state index contributed by atoms with van der Waals surface area (Å²) in [5.74, 6) is -0.264. The number of hydrogen-bond donors (Lipinski definition) is 3. The molecule has 4 rings (SSSR count). The summed E-state index contributed by atoms with van der Waals surface area (Å²) in [6.07, 6.45) is 0. The lowest BCUT2D eigenvalue weighted by molar-refractivity contribution is 0.102. The van der Waals surface area contributed by atoms with E-state index in [9.17, 15) is 14.9 Å². The van der Waals surface area contributed by atoms with Crippen LogP contribution in [0, 0.1) is 11.3 Å². The lowest BCUT2D eigenvalue weighted by atomic mass is 10.2. The first-order valence-corrected chi connectivity index (χ1v) is 11.2. The Morgan fingerprint density at radius 2 is 1.15 bits per heavy atom. The van der Waals surface area contributed by atoms with E-state index >= 15 is 0 Å². The number of carbonyl (C=O) groups excluding carboxylic acids is 2. The second-order valence-electron chi connectivity index (χ2n) is 7.18. The SMILES string of the molecule is N#Cc1ccccc1Sc1ccccc1C(=O)Nc1ccc(NC(=O)Nc2ccccc2)cc1. The molecule has 0 unspecified atom stereocenters. The zero-order chi connectivity index (χ0) is 23.8. The molecule has 166 valence electrons. The van der Waals surface area contributed by atoms with E-state index in [1.54, 1.807) is 54.6 Å². The van der Waals surface area contributed by atoms with Gasteiger partial charge in [0.1, 0.15) is 6.07 Å². The van der Waals surface area contributed by atoms with E-state index < -0.39 is 0 Å². The average Bonchev–Trinajstić information content (AvgIpc) is 2.86. The van der Waals surface area contributed by atoms with Gasteiger partial charge >= 0.3 is 6.03 Å². The number of nitrogens with zero attached hydrogens (tertiary/aromatic N) is 1. The molecule has 0 aromatic heterocycles. The molecule has 0 bridgehead atoms. The van der Waals surface area contributed by atoms with Crippen molar-refractivity contribution in [3.63, 3.8) is 0 Å². The van der Waals surface area contributed by atoms with E-state index in [2.05, 4.69) is 22.0 Å². The number of para-hydroxylation sites is 1. The average molecular weight is 465 g/mol. The molecule has 0 spiro atoms. The fourth-order valence-electron chi connectivity index (χ4n) is 3.16. The van der Waals surface area contributed by atoms with Crippen LogP contribution in [0.5, 0.6) is 0 Å². The Morgan fingerprint density at radius 1 is 0.618 bits per heavy atom. The summed E-state index contributed by atoms with van der Waals surface area (Å²) < 4.78 is 0. The third-order valence-corrected chi connectivity index (χ3v) is 5.94. The highest BCUT2D eigenvalue weighted by molar-refractivity contribution is 7.99. The molecule has 0 saturated carbocycles. The van der Waals surface area contributed by atoms with Gasteiger partial charge in [-0.25, -0.2) is 4.79 Å². The summed E-state index contributed by atoms with van der Waals surface area (Å²) in [7, 11) is 0. The van der Waals surface area contributed by atoms with Gasteiger partial charge < -0.3 is 16.0 Å². The molecule has 0 heterocycles. The number of nitrogens with one attached hydrogen (secondary N) is 3. The summed E-state index contributed by atoms with van der Waals surface area (Å²) in [5.41, 5.74) is 2.94. The highest BCUT2D eigenvalue weighted by Crippen LogP contribution is 2.33. The monoisotopic (exact) mass is 464 g/mol. The predicted octanol–water partition coefficient (Wildman–Crippen LogP) is 6.61. The van der Waals surface area contributed by atoms with Crippen molar-refractivity contribution in [2.24, 2.45) is 0 Å². The van der Waals surface area contributed by atoms with Gasteiger partial charge in [-0.3, -0.25) is 4.79 Å². The molecule has 0 aliphatic carbocycles. The largest absolute Gasteiger partial charge is 0.323 e. The lowest BCUT2D eigenvalue weighted by Crippen LogP contribution is -2.19. The molecule has 0 fully saturated rings. The lowest BCUT2D eigenvalue weighted by Gasteiger charge is -2.11. The van der Waals surface area contributed by atoms with Gasteiger partial charge in [-0.2, -0.15) is 5.26 Å². The van der Waals surface area contributed by atoms with E-state index in [4.69, 9.17) is 0 Å². The topological polar surface area (TPSA) is 94.0 Å². The summed E-state index contributed by atoms with van der Waals surface area (Å²) in [5, 5.41) is 17.7. The van der Waals surface area contributed by atoms with Crippen molar-refractivity contribution in [1.82, 2.24) is 0 Å². The number of amides is 3. The van der Waals surface area contributed by atoms with E-state index in [0.29, 0.717) is 28.2 Å². The molecule has 0 atom stereocenters. The number of carbonyl (C=O) groups is 2. The zero-order valence-electron chi connectivity index (χ0n) is 18.0. The normalized spacial score (nSPS) is 10.1. The van der Waals surface area contributed by atoms with E-state index in [1.807, 2.05) is 48.5 Å². The quantitative estimate of drug-likeness (QED) is 0.299. The molecule has 34 heavy (non-hydrogen) atoms. The van der Waals surface area contributed by atoms with Crippen molar-refractivity contribution < 1.29 is 9.59 Å². The Kier molecular flexibility index (Phi) is 7.23. The molecule has 3 N–H and O–H groups in total. The number of rotatable bonds is 6. The molecule has 7 heteroatoms. The van der Waals surface area contributed by atoms with Crippen molar-refractivity contribution in [3.05, 3.63) is 114 Å². The van der Waals surface area contributed by atoms with Gasteiger partial charge in [-0.15, -0.1) is 0 Å². The first-order valence-electron chi connectivity index (χ1n) is 10.4. The molecule has 3 amide bonds. The van der Waals surface area contributed by atoms with Crippen LogP contribution in [0.4, 0.5) is 21.9 Å². The van der Waals surface area contributed by atoms with Crippen LogP contribution in [0.2, 0.25) is 0 Å². The molecule has 0 aliphatic rings. The molecule has 0 aliphatic heterocycles. The van der Waals surface area contributed by atoms with Crippen LogP contribution in [0.25, 0.3) is 0 Å². The number of nitriles is 1. The smallest absolute Gasteiger partial charge is 0.322 e. The fraction of sp³-hybridized carbons (Fsp3) is 0. The first-order chi connectivity index (χ1) is 16.6. The van der Waals surface area contributed by atoms with Gasteiger partial charge in [-0.05, 0) is 60.7 Å². The van der Waals surface area contributed by atoms with Gasteiger partial charge in [-0.1, -0.05) is 54.2 Å². The first kappa shape index (κ1) is 22.6. The third-order valence-electron chi connectivity index (χ3n) is 4.79. The van der Waals surface area contributed by atoms with E-state index in [-0.39, 0.29) is 11.9 Å². The zero-order valence-corrected chi connectivity index (χ0v) is 18.8. The second kappa shape index (κ2) is 10.9. The van der Waals surface area contributed by atoms with Crippen LogP contribution in [0.15, 0.2) is 113 Å². The number of urea groups is 1. The molecule has 6 nitrogen and oxygen atoms in total. The van der Waals surface area contributed by atoms with Gasteiger partial charge in [0.2, 0.25) is 0 Å². The van der Waals surface area contributed by atoms with Crippen LogP contribution in [-0.4, -0.2) is 11.9 Å². The van der Waals surface area contributed by atoms with E-state index in [0.717, 1.165) is 9.79 Å². The van der Waals surface area contributed by atoms with Crippen LogP contribution >= 0.6 is 11.8 Å². The van der Waals surface area contributed by atoms with Crippen molar-refractivity contribution in [2.75, 3.05) is 16.0 Å². The fourth-order valence-corrected chi connectivity index (χ4v) is 4.18. The minimum Gasteiger partial charge on any atom is -0.322 e. The highest BCUT2D eigenvalue weighted by atomic mass is 32.2. The minimum absolute atomic E-state index is 0.264. The minimum atomic E-state index is -0.355. The molecular weight excluding hydrogens is 444 g/mol. The second-order valence-corrected chi connectivity index (χ2v) is 8.27. The maximum atomic E-state index is 13.0. The van der Waals surface area contributed by atoms with Crippen molar-refractivity contribution in [3.8, 4) is 6.07 Å². The van der Waals surface area contributed by atoms with Crippen molar-refractivity contribution >= 4 is 40.8 Å². The Balaban J connectivity index is 1.41. The van der Waals surface area contributed by atoms with Crippen LogP contribution in [0.1, 0.15) is 15.9 Å². The van der Waals surface area contributed by atoms with Gasteiger partial charge in [0.05, 0.1) is 11.1 Å². The molecule has 4 aromatic rings. The van der Waals surface area contributed by atoms with Crippen LogP contribution in [-0.2, 0) is 0 Å². The summed E-state index contributed by atoms with van der Waals surface area (Å²) in [6.45, 7) is 0. The molecular formula is C27H20N4O2S. The van der Waals surface area contributed by atoms with E-state index in [1.165, 1.54) is 11.8 Å². The Morgan fingerprint density at radius 3 is 1.82 bits per heavy atom. The Bertz CT molecular complexity index is 1350. The number of anilines is 3. The third kappa shape index (κ3) is 5.82. The summed E-state index contributed by atoms with van der Waals surface area (Å²) in [6, 6.07) is 32.4. The molecule has 0 radical (unpaired) electrons. The highest BCUT2D eigenvalue weighted by Gasteiger charge is 2.14. The van der Waals surface area contributed by atoms with Gasteiger partial charge in [0, 0.05) is 26.9 Å². The van der Waals surface area contributed by atoms with Gasteiger partial charge in [0.15, 0.2) is 0 Å². The van der Waals surface area contributed by atoms with Crippen LogP contribution in [0.3, 0.4) is 0 Å². The Labute approximate surface area is 201 Å².